The number of hydrogen-bond donors (Lipinski definition) is 3. The molecule has 1 aliphatic heterocycles. The van der Waals surface area contributed by atoms with Gasteiger partial charge in [0.2, 0.25) is 11.8 Å². The number of aliphatic hydroxyl groups excluding tert-OH is 1. The van der Waals surface area contributed by atoms with Gasteiger partial charge in [-0.15, -0.1) is 0 Å². The van der Waals surface area contributed by atoms with Crippen LogP contribution < -0.4 is 15.4 Å². The zero-order chi connectivity index (χ0) is 30.7. The lowest BCUT2D eigenvalue weighted by Crippen LogP contribution is -2.52. The topological polar surface area (TPSA) is 90.9 Å². The summed E-state index contributed by atoms with van der Waals surface area (Å²) in [5.41, 5.74) is 0.0767. The molecule has 0 spiro atoms. The fourth-order valence-electron chi connectivity index (χ4n) is 4.87. The van der Waals surface area contributed by atoms with E-state index in [1.165, 1.54) is 29.2 Å². The van der Waals surface area contributed by atoms with Crippen LogP contribution in [0, 0.1) is 5.82 Å². The summed E-state index contributed by atoms with van der Waals surface area (Å²) in [4.78, 5) is 27.9. The van der Waals surface area contributed by atoms with Gasteiger partial charge in [0.05, 0.1) is 12.2 Å². The highest BCUT2D eigenvalue weighted by Gasteiger charge is 2.31. The summed E-state index contributed by atoms with van der Waals surface area (Å²) < 4.78 is 59.5. The number of thioether (sulfide) groups is 1. The van der Waals surface area contributed by atoms with Gasteiger partial charge in [-0.05, 0) is 73.4 Å². The molecule has 232 valence electrons. The Hall–Kier alpha value is -2.83. The molecular formula is C30H39F4N3O4S. The molecule has 0 saturated carbocycles. The van der Waals surface area contributed by atoms with Crippen LogP contribution >= 0.6 is 11.8 Å². The number of fused-ring (bicyclic) bond motifs is 2. The lowest BCUT2D eigenvalue weighted by Gasteiger charge is -2.30. The van der Waals surface area contributed by atoms with Crippen LogP contribution in [0.5, 0.6) is 5.75 Å². The van der Waals surface area contributed by atoms with E-state index in [0.717, 1.165) is 18.6 Å². The minimum atomic E-state index is -4.49. The van der Waals surface area contributed by atoms with E-state index < -0.39 is 41.8 Å². The highest BCUT2D eigenvalue weighted by Crippen LogP contribution is 2.29. The summed E-state index contributed by atoms with van der Waals surface area (Å²) in [5, 5.41) is 16.5. The molecule has 0 saturated heterocycles. The predicted octanol–water partition coefficient (Wildman–Crippen LogP) is 4.90. The third kappa shape index (κ3) is 10.8. The molecule has 1 aliphatic rings. The molecule has 2 amide bonds. The Bertz CT molecular complexity index is 1180. The van der Waals surface area contributed by atoms with Crippen LogP contribution in [-0.4, -0.2) is 65.8 Å². The lowest BCUT2D eigenvalue weighted by molar-refractivity contribution is -0.139. The quantitative estimate of drug-likeness (QED) is 0.290. The Kier molecular flexibility index (Phi) is 12.9. The van der Waals surface area contributed by atoms with Crippen molar-refractivity contribution >= 4 is 23.6 Å². The Morgan fingerprint density at radius 1 is 1.17 bits per heavy atom. The Morgan fingerprint density at radius 3 is 2.69 bits per heavy atom. The molecule has 2 aromatic rings. The van der Waals surface area contributed by atoms with Gasteiger partial charge in [-0.25, -0.2) is 4.39 Å². The standard InChI is InChI=1S/C30H39F4N3O4S/c1-37-26(10-12-42-2)29(40)36-24(18-27(38)35-19-20-7-6-8-22(13-20)30(32,33)34)15-21-14-23(31)17-25(16-21)41-11-5-3-4-9-28(37)39/h6-8,13-14,16-17,24,26-27,35,38H,3-5,9-12,15,18-19H2,1-2H3,(H,36,40). The number of carbonyl (C=O) groups excluding carboxylic acids is 2. The molecule has 0 radical (unpaired) electrons. The maximum atomic E-state index is 14.5. The van der Waals surface area contributed by atoms with Crippen molar-refractivity contribution in [2.24, 2.45) is 0 Å². The molecule has 2 bridgehead atoms. The van der Waals surface area contributed by atoms with Crippen LogP contribution in [0.25, 0.3) is 0 Å². The van der Waals surface area contributed by atoms with Gasteiger partial charge in [0.15, 0.2) is 0 Å². The average Bonchev–Trinajstić information content (AvgIpc) is 2.92. The summed E-state index contributed by atoms with van der Waals surface area (Å²) >= 11 is 1.55. The van der Waals surface area contributed by atoms with Gasteiger partial charge in [0.25, 0.3) is 0 Å². The van der Waals surface area contributed by atoms with E-state index in [4.69, 9.17) is 4.74 Å². The predicted molar refractivity (Wildman–Crippen MR) is 154 cm³/mol. The molecule has 3 rings (SSSR count). The Morgan fingerprint density at radius 2 is 1.95 bits per heavy atom. The first-order valence-corrected chi connectivity index (χ1v) is 15.4. The van der Waals surface area contributed by atoms with Gasteiger partial charge in [-0.1, -0.05) is 18.2 Å². The smallest absolute Gasteiger partial charge is 0.416 e. The molecular weight excluding hydrogens is 574 g/mol. The van der Waals surface area contributed by atoms with E-state index in [2.05, 4.69) is 10.6 Å². The number of rotatable bonds is 8. The normalized spacial score (nSPS) is 20.1. The van der Waals surface area contributed by atoms with Crippen molar-refractivity contribution in [3.63, 3.8) is 0 Å². The third-order valence-corrected chi connectivity index (χ3v) is 7.77. The zero-order valence-electron chi connectivity index (χ0n) is 23.9. The van der Waals surface area contributed by atoms with Gasteiger partial charge in [-0.2, -0.15) is 24.9 Å². The highest BCUT2D eigenvalue weighted by molar-refractivity contribution is 7.98. The maximum absolute atomic E-state index is 14.5. The van der Waals surface area contributed by atoms with Crippen molar-refractivity contribution in [2.45, 2.75) is 76.0 Å². The summed E-state index contributed by atoms with van der Waals surface area (Å²) in [5.74, 6) is -0.0449. The second-order valence-corrected chi connectivity index (χ2v) is 11.5. The number of likely N-dealkylation sites (N-methyl/N-ethyl adjacent to an activating group) is 1. The summed E-state index contributed by atoms with van der Waals surface area (Å²) in [6.45, 7) is 0.318. The first kappa shape index (κ1) is 33.7. The number of nitrogens with one attached hydrogen (secondary N) is 2. The maximum Gasteiger partial charge on any atom is 0.416 e. The molecule has 0 aromatic heterocycles. The van der Waals surface area contributed by atoms with Crippen molar-refractivity contribution < 1.29 is 37.0 Å². The summed E-state index contributed by atoms with van der Waals surface area (Å²) in [6.07, 6.45) is -0.886. The van der Waals surface area contributed by atoms with Crippen molar-refractivity contribution in [3.05, 3.63) is 65.0 Å². The molecule has 42 heavy (non-hydrogen) atoms. The SMILES string of the molecule is CSCCC1C(=O)NC(CC(O)NCc2cccc(C(F)(F)F)c2)Cc2cc(F)cc(c2)OCCCCCC(=O)N1C. The van der Waals surface area contributed by atoms with Gasteiger partial charge in [0, 0.05) is 38.5 Å². The molecule has 3 atom stereocenters. The Balaban J connectivity index is 1.82. The second-order valence-electron chi connectivity index (χ2n) is 10.5. The van der Waals surface area contributed by atoms with Crippen LogP contribution in [0.1, 0.15) is 55.2 Å². The van der Waals surface area contributed by atoms with E-state index in [1.54, 1.807) is 24.9 Å². The van der Waals surface area contributed by atoms with Crippen LogP contribution in [0.2, 0.25) is 0 Å². The number of benzene rings is 2. The number of amides is 2. The van der Waals surface area contributed by atoms with Crippen molar-refractivity contribution in [1.82, 2.24) is 15.5 Å². The molecule has 0 aliphatic carbocycles. The largest absolute Gasteiger partial charge is 0.493 e. The fraction of sp³-hybridized carbons (Fsp3) is 0.533. The van der Waals surface area contributed by atoms with Crippen LogP contribution in [0.4, 0.5) is 17.6 Å². The minimum Gasteiger partial charge on any atom is -0.493 e. The first-order valence-electron chi connectivity index (χ1n) is 14.0. The monoisotopic (exact) mass is 613 g/mol. The van der Waals surface area contributed by atoms with Crippen molar-refractivity contribution in [2.75, 3.05) is 25.7 Å². The number of aliphatic hydroxyl groups is 1. The number of hydrogen-bond acceptors (Lipinski definition) is 6. The lowest BCUT2D eigenvalue weighted by atomic mass is 10.0. The van der Waals surface area contributed by atoms with Gasteiger partial charge < -0.3 is 20.1 Å². The van der Waals surface area contributed by atoms with E-state index in [1.807, 2.05) is 6.26 Å². The van der Waals surface area contributed by atoms with Crippen LogP contribution in [-0.2, 0) is 28.7 Å². The number of halogens is 4. The molecule has 0 fully saturated rings. The molecule has 3 N–H and O–H groups in total. The summed E-state index contributed by atoms with van der Waals surface area (Å²) in [7, 11) is 1.61. The van der Waals surface area contributed by atoms with Gasteiger partial charge in [-0.3, -0.25) is 14.9 Å². The van der Waals surface area contributed by atoms with E-state index >= 15 is 0 Å². The molecule has 3 unspecified atom stereocenters. The fourth-order valence-corrected chi connectivity index (χ4v) is 5.33. The highest BCUT2D eigenvalue weighted by atomic mass is 32.2. The number of ether oxygens (including phenoxy) is 1. The van der Waals surface area contributed by atoms with E-state index in [-0.39, 0.29) is 31.7 Å². The van der Waals surface area contributed by atoms with Crippen molar-refractivity contribution in [1.29, 1.82) is 0 Å². The zero-order valence-corrected chi connectivity index (χ0v) is 24.7. The number of carbonyl (C=O) groups is 2. The average molecular weight is 614 g/mol. The number of alkyl halides is 3. The molecule has 1 heterocycles. The molecule has 2 aromatic carbocycles. The van der Waals surface area contributed by atoms with Crippen LogP contribution in [0.15, 0.2) is 42.5 Å². The van der Waals surface area contributed by atoms with E-state index in [0.29, 0.717) is 48.5 Å². The second kappa shape index (κ2) is 16.1. The molecule has 12 heteroatoms. The van der Waals surface area contributed by atoms with Crippen molar-refractivity contribution in [3.8, 4) is 5.75 Å². The Labute approximate surface area is 248 Å². The van der Waals surface area contributed by atoms with Gasteiger partial charge >= 0.3 is 6.18 Å². The number of nitrogens with zero attached hydrogens (tertiary/aromatic N) is 1. The third-order valence-electron chi connectivity index (χ3n) is 7.13. The minimum absolute atomic E-state index is 0.0235. The van der Waals surface area contributed by atoms with E-state index in [9.17, 15) is 32.3 Å². The van der Waals surface area contributed by atoms with Crippen LogP contribution in [0.3, 0.4) is 0 Å². The summed E-state index contributed by atoms with van der Waals surface area (Å²) in [6, 6.07) is 7.67. The molecule has 7 nitrogen and oxygen atoms in total. The first-order chi connectivity index (χ1) is 20.0. The van der Waals surface area contributed by atoms with Gasteiger partial charge in [0.1, 0.15) is 23.8 Å².